The molecule has 96 valence electrons. The average Bonchev–Trinajstić information content (AvgIpc) is 2.94. The number of thiophene rings is 1. The summed E-state index contributed by atoms with van der Waals surface area (Å²) in [6, 6.07) is 4.11. The molecule has 0 aromatic carbocycles. The SMILES string of the molecule is Cn1ncc(N)c1NC(=O)CCCc1cccs1. The van der Waals surface area contributed by atoms with Gasteiger partial charge in [-0.25, -0.2) is 0 Å². The summed E-state index contributed by atoms with van der Waals surface area (Å²) in [5.74, 6) is 0.540. The molecule has 2 aromatic rings. The molecule has 0 unspecified atom stereocenters. The zero-order chi connectivity index (χ0) is 13.0. The molecule has 1 amide bonds. The molecule has 2 aromatic heterocycles. The van der Waals surface area contributed by atoms with Gasteiger partial charge in [0.1, 0.15) is 0 Å². The van der Waals surface area contributed by atoms with Crippen molar-refractivity contribution >= 4 is 28.7 Å². The number of anilines is 2. The predicted molar refractivity (Wildman–Crippen MR) is 73.5 cm³/mol. The van der Waals surface area contributed by atoms with E-state index >= 15 is 0 Å². The second-order valence-corrected chi connectivity index (χ2v) is 5.09. The van der Waals surface area contributed by atoms with Crippen molar-refractivity contribution in [3.8, 4) is 0 Å². The number of nitrogens with zero attached hydrogens (tertiary/aromatic N) is 2. The van der Waals surface area contributed by atoms with Crippen molar-refractivity contribution in [3.63, 3.8) is 0 Å². The summed E-state index contributed by atoms with van der Waals surface area (Å²) >= 11 is 1.72. The van der Waals surface area contributed by atoms with Crippen molar-refractivity contribution in [2.24, 2.45) is 7.05 Å². The van der Waals surface area contributed by atoms with Crippen LogP contribution in [-0.2, 0) is 18.3 Å². The highest BCUT2D eigenvalue weighted by atomic mass is 32.1. The Kier molecular flexibility index (Phi) is 3.99. The lowest BCUT2D eigenvalue weighted by molar-refractivity contribution is -0.116. The molecule has 0 aliphatic rings. The molecule has 18 heavy (non-hydrogen) atoms. The van der Waals surface area contributed by atoms with E-state index in [9.17, 15) is 4.79 Å². The minimum Gasteiger partial charge on any atom is -0.394 e. The zero-order valence-corrected chi connectivity index (χ0v) is 11.0. The number of aryl methyl sites for hydroxylation is 2. The average molecular weight is 264 g/mol. The van der Waals surface area contributed by atoms with Crippen LogP contribution >= 0.6 is 11.3 Å². The van der Waals surface area contributed by atoms with Gasteiger partial charge in [-0.15, -0.1) is 11.3 Å². The second-order valence-electron chi connectivity index (χ2n) is 4.05. The summed E-state index contributed by atoms with van der Waals surface area (Å²) in [4.78, 5) is 13.0. The second kappa shape index (κ2) is 5.68. The van der Waals surface area contributed by atoms with Crippen LogP contribution in [-0.4, -0.2) is 15.7 Å². The van der Waals surface area contributed by atoms with Gasteiger partial charge in [0.25, 0.3) is 0 Å². The fraction of sp³-hybridized carbons (Fsp3) is 0.333. The van der Waals surface area contributed by atoms with Crippen molar-refractivity contribution in [3.05, 3.63) is 28.6 Å². The maximum Gasteiger partial charge on any atom is 0.225 e. The number of nitrogens with one attached hydrogen (secondary N) is 1. The molecule has 0 bridgehead atoms. The summed E-state index contributed by atoms with van der Waals surface area (Å²) in [7, 11) is 1.75. The van der Waals surface area contributed by atoms with Gasteiger partial charge in [0.15, 0.2) is 5.82 Å². The molecule has 2 heterocycles. The van der Waals surface area contributed by atoms with Crippen LogP contribution in [0.3, 0.4) is 0 Å². The van der Waals surface area contributed by atoms with E-state index in [0.717, 1.165) is 12.8 Å². The number of carbonyl (C=O) groups is 1. The molecule has 2 rings (SSSR count). The van der Waals surface area contributed by atoms with Gasteiger partial charge in [0, 0.05) is 18.3 Å². The molecule has 3 N–H and O–H groups in total. The number of rotatable bonds is 5. The Morgan fingerprint density at radius 1 is 1.61 bits per heavy atom. The summed E-state index contributed by atoms with van der Waals surface area (Å²) in [5, 5.41) is 8.79. The van der Waals surface area contributed by atoms with Crippen LogP contribution in [0.15, 0.2) is 23.7 Å². The standard InChI is InChI=1S/C12H16N4OS/c1-16-12(10(13)8-14-16)15-11(17)6-2-4-9-5-3-7-18-9/h3,5,7-8H,2,4,6,13H2,1H3,(H,15,17). The van der Waals surface area contributed by atoms with Crippen molar-refractivity contribution in [2.45, 2.75) is 19.3 Å². The molecule has 0 fully saturated rings. The predicted octanol–water partition coefficient (Wildman–Crippen LogP) is 2.03. The van der Waals surface area contributed by atoms with Gasteiger partial charge >= 0.3 is 0 Å². The number of nitrogen functional groups attached to an aromatic ring is 1. The molecule has 0 spiro atoms. The van der Waals surface area contributed by atoms with Crippen molar-refractivity contribution in [2.75, 3.05) is 11.1 Å². The highest BCUT2D eigenvalue weighted by molar-refractivity contribution is 7.09. The van der Waals surface area contributed by atoms with Gasteiger partial charge in [-0.05, 0) is 24.3 Å². The van der Waals surface area contributed by atoms with Crippen LogP contribution in [0.4, 0.5) is 11.5 Å². The zero-order valence-electron chi connectivity index (χ0n) is 10.2. The van der Waals surface area contributed by atoms with E-state index in [0.29, 0.717) is 17.9 Å². The summed E-state index contributed by atoms with van der Waals surface area (Å²) in [6.07, 6.45) is 3.79. The maximum atomic E-state index is 11.7. The van der Waals surface area contributed by atoms with E-state index in [2.05, 4.69) is 16.5 Å². The molecule has 0 aliphatic carbocycles. The van der Waals surface area contributed by atoms with Crippen LogP contribution < -0.4 is 11.1 Å². The fourth-order valence-electron chi connectivity index (χ4n) is 1.68. The van der Waals surface area contributed by atoms with E-state index < -0.39 is 0 Å². The van der Waals surface area contributed by atoms with Crippen LogP contribution in [0.5, 0.6) is 0 Å². The van der Waals surface area contributed by atoms with Crippen molar-refractivity contribution in [1.29, 1.82) is 0 Å². The molecule has 0 saturated heterocycles. The first-order chi connectivity index (χ1) is 8.66. The van der Waals surface area contributed by atoms with Crippen molar-refractivity contribution in [1.82, 2.24) is 9.78 Å². The Hall–Kier alpha value is -1.82. The lowest BCUT2D eigenvalue weighted by Gasteiger charge is -2.06. The molecule has 0 aliphatic heterocycles. The lowest BCUT2D eigenvalue weighted by Crippen LogP contribution is -2.15. The van der Waals surface area contributed by atoms with Gasteiger partial charge in [0.2, 0.25) is 5.91 Å². The Balaban J connectivity index is 1.79. The number of nitrogens with two attached hydrogens (primary N) is 1. The topological polar surface area (TPSA) is 72.9 Å². The summed E-state index contributed by atoms with van der Waals surface area (Å²) < 4.78 is 1.56. The van der Waals surface area contributed by atoms with E-state index in [-0.39, 0.29) is 5.91 Å². The molecular formula is C12H16N4OS. The lowest BCUT2D eigenvalue weighted by atomic mass is 10.2. The van der Waals surface area contributed by atoms with E-state index in [1.54, 1.807) is 23.1 Å². The third-order valence-corrected chi connectivity index (χ3v) is 3.57. The van der Waals surface area contributed by atoms with E-state index in [1.165, 1.54) is 11.1 Å². The maximum absolute atomic E-state index is 11.7. The third-order valence-electron chi connectivity index (χ3n) is 2.63. The van der Waals surface area contributed by atoms with Crippen LogP contribution in [0, 0.1) is 0 Å². The fourth-order valence-corrected chi connectivity index (χ4v) is 2.43. The molecule has 6 heteroatoms. The van der Waals surface area contributed by atoms with Crippen LogP contribution in [0.1, 0.15) is 17.7 Å². The quantitative estimate of drug-likeness (QED) is 0.867. The van der Waals surface area contributed by atoms with Gasteiger partial charge in [0.05, 0.1) is 11.9 Å². The first-order valence-corrected chi connectivity index (χ1v) is 6.64. The molecule has 0 atom stereocenters. The Bertz CT molecular complexity index is 499. The normalized spacial score (nSPS) is 10.5. The number of amides is 1. The van der Waals surface area contributed by atoms with Gasteiger partial charge < -0.3 is 11.1 Å². The van der Waals surface area contributed by atoms with Crippen LogP contribution in [0.2, 0.25) is 0 Å². The van der Waals surface area contributed by atoms with Crippen molar-refractivity contribution < 1.29 is 4.79 Å². The van der Waals surface area contributed by atoms with Gasteiger partial charge in [-0.3, -0.25) is 9.48 Å². The van der Waals surface area contributed by atoms with Crippen LogP contribution in [0.25, 0.3) is 0 Å². The molecule has 0 saturated carbocycles. The third kappa shape index (κ3) is 3.10. The van der Waals surface area contributed by atoms with Gasteiger partial charge in [-0.2, -0.15) is 5.10 Å². The highest BCUT2D eigenvalue weighted by Crippen LogP contribution is 2.17. The first kappa shape index (κ1) is 12.6. The molecular weight excluding hydrogens is 248 g/mol. The summed E-state index contributed by atoms with van der Waals surface area (Å²) in [6.45, 7) is 0. The Morgan fingerprint density at radius 2 is 2.44 bits per heavy atom. The minimum absolute atomic E-state index is 0.0261. The first-order valence-electron chi connectivity index (χ1n) is 5.76. The Labute approximate surface area is 110 Å². The number of hydrogen-bond acceptors (Lipinski definition) is 4. The van der Waals surface area contributed by atoms with Gasteiger partial charge in [-0.1, -0.05) is 6.07 Å². The number of carbonyl (C=O) groups excluding carboxylic acids is 1. The molecule has 5 nitrogen and oxygen atoms in total. The molecule has 0 radical (unpaired) electrons. The Morgan fingerprint density at radius 3 is 3.06 bits per heavy atom. The minimum atomic E-state index is -0.0261. The monoisotopic (exact) mass is 264 g/mol. The smallest absolute Gasteiger partial charge is 0.225 e. The number of hydrogen-bond donors (Lipinski definition) is 2. The highest BCUT2D eigenvalue weighted by Gasteiger charge is 2.09. The van der Waals surface area contributed by atoms with E-state index in [1.807, 2.05) is 11.4 Å². The number of aromatic nitrogens is 2. The van der Waals surface area contributed by atoms with E-state index in [4.69, 9.17) is 5.73 Å². The summed E-state index contributed by atoms with van der Waals surface area (Å²) in [5.41, 5.74) is 6.19. The largest absolute Gasteiger partial charge is 0.394 e.